The van der Waals surface area contributed by atoms with Gasteiger partial charge in [-0.3, -0.25) is 0 Å². The molecular formula is C20H22F2N2O4. The minimum atomic E-state index is -2.86. The van der Waals surface area contributed by atoms with Crippen molar-refractivity contribution in [2.45, 2.75) is 39.2 Å². The molecule has 1 unspecified atom stereocenters. The van der Waals surface area contributed by atoms with Crippen LogP contribution in [-0.2, 0) is 16.1 Å². The van der Waals surface area contributed by atoms with Crippen LogP contribution in [0.2, 0.25) is 0 Å². The molecule has 0 aliphatic carbocycles. The van der Waals surface area contributed by atoms with Crippen LogP contribution in [0.3, 0.4) is 0 Å². The van der Waals surface area contributed by atoms with Gasteiger partial charge in [0.1, 0.15) is 0 Å². The average molecular weight is 392 g/mol. The maximum atomic E-state index is 12.4. The van der Waals surface area contributed by atoms with E-state index in [0.717, 1.165) is 30.6 Å². The molecule has 0 N–H and O–H groups in total. The van der Waals surface area contributed by atoms with Gasteiger partial charge in [0.2, 0.25) is 5.88 Å². The Balaban J connectivity index is 1.76. The van der Waals surface area contributed by atoms with Gasteiger partial charge in [-0.15, -0.1) is 0 Å². The van der Waals surface area contributed by atoms with Crippen LogP contribution in [0.5, 0.6) is 5.88 Å². The summed E-state index contributed by atoms with van der Waals surface area (Å²) in [4.78, 5) is 17.9. The highest BCUT2D eigenvalue weighted by molar-refractivity contribution is 5.89. The molecule has 1 atom stereocenters. The van der Waals surface area contributed by atoms with Gasteiger partial charge in [-0.2, -0.15) is 8.78 Å². The second-order valence-electron chi connectivity index (χ2n) is 6.50. The quantitative estimate of drug-likeness (QED) is 0.666. The number of hydrogen-bond donors (Lipinski definition) is 0. The summed E-state index contributed by atoms with van der Waals surface area (Å²) in [5.41, 5.74) is 2.68. The second-order valence-corrected chi connectivity index (χ2v) is 6.50. The van der Waals surface area contributed by atoms with Crippen LogP contribution in [0, 0.1) is 6.92 Å². The van der Waals surface area contributed by atoms with Crippen molar-refractivity contribution in [3.05, 3.63) is 53.2 Å². The molecule has 1 aromatic heterocycles. The number of aryl methyl sites for hydroxylation is 1. The van der Waals surface area contributed by atoms with Gasteiger partial charge in [0, 0.05) is 30.4 Å². The fraction of sp³-hybridized carbons (Fsp3) is 0.400. The topological polar surface area (TPSA) is 60.9 Å². The number of ether oxygens (including phenoxy) is 3. The monoisotopic (exact) mass is 392 g/mol. The Morgan fingerprint density at radius 2 is 2.07 bits per heavy atom. The number of carbonyl (C=O) groups is 1. The maximum Gasteiger partial charge on any atom is 0.345 e. The Hall–Kier alpha value is -2.74. The number of carbonyl (C=O) groups excluding carboxylic acids is 1. The van der Waals surface area contributed by atoms with Crippen LogP contribution in [0.25, 0.3) is 0 Å². The number of alkyl halides is 2. The third-order valence-corrected chi connectivity index (χ3v) is 4.49. The third-order valence-electron chi connectivity index (χ3n) is 4.49. The van der Waals surface area contributed by atoms with Gasteiger partial charge in [0.05, 0.1) is 19.3 Å². The summed E-state index contributed by atoms with van der Waals surface area (Å²) >= 11 is 0. The maximum absolute atomic E-state index is 12.4. The lowest BCUT2D eigenvalue weighted by atomic mass is 10.2. The highest BCUT2D eigenvalue weighted by Gasteiger charge is 2.28. The number of anilines is 1. The second kappa shape index (κ2) is 8.97. The first-order chi connectivity index (χ1) is 13.5. The van der Waals surface area contributed by atoms with E-state index in [4.69, 9.17) is 9.47 Å². The Kier molecular flexibility index (Phi) is 6.41. The van der Waals surface area contributed by atoms with Gasteiger partial charge in [0.25, 0.3) is 0 Å². The molecule has 1 saturated heterocycles. The summed E-state index contributed by atoms with van der Waals surface area (Å²) in [6, 6.07) is 8.79. The number of hydrogen-bond acceptors (Lipinski definition) is 6. The van der Waals surface area contributed by atoms with Crippen molar-refractivity contribution in [3.63, 3.8) is 0 Å². The lowest BCUT2D eigenvalue weighted by Gasteiger charge is -2.27. The van der Waals surface area contributed by atoms with Gasteiger partial charge in [0.15, 0.2) is 6.23 Å². The molecule has 8 heteroatoms. The van der Waals surface area contributed by atoms with E-state index in [9.17, 15) is 13.6 Å². The summed E-state index contributed by atoms with van der Waals surface area (Å²) in [7, 11) is 1.34. The minimum Gasteiger partial charge on any atom is -0.465 e. The number of nitrogens with zero attached hydrogens (tertiary/aromatic N) is 2. The first-order valence-electron chi connectivity index (χ1n) is 8.95. The molecule has 6 nitrogen and oxygen atoms in total. The Morgan fingerprint density at radius 3 is 2.75 bits per heavy atom. The van der Waals surface area contributed by atoms with E-state index in [-0.39, 0.29) is 18.7 Å². The van der Waals surface area contributed by atoms with Crippen molar-refractivity contribution in [1.82, 2.24) is 4.98 Å². The number of methoxy groups -OCH3 is 1. The van der Waals surface area contributed by atoms with Gasteiger partial charge >= 0.3 is 12.6 Å². The summed E-state index contributed by atoms with van der Waals surface area (Å²) < 4.78 is 40.1. The number of rotatable bonds is 7. The summed E-state index contributed by atoms with van der Waals surface area (Å²) in [6.45, 7) is -0.531. The zero-order chi connectivity index (χ0) is 20.1. The van der Waals surface area contributed by atoms with Crippen molar-refractivity contribution in [2.75, 3.05) is 18.6 Å². The lowest BCUT2D eigenvalue weighted by Crippen LogP contribution is -2.34. The fourth-order valence-electron chi connectivity index (χ4n) is 3.17. The molecule has 0 radical (unpaired) electrons. The molecule has 1 fully saturated rings. The molecule has 2 heterocycles. The van der Waals surface area contributed by atoms with Gasteiger partial charge in [-0.25, -0.2) is 9.78 Å². The van der Waals surface area contributed by atoms with Crippen LogP contribution >= 0.6 is 0 Å². The van der Waals surface area contributed by atoms with Crippen molar-refractivity contribution < 1.29 is 27.8 Å². The van der Waals surface area contributed by atoms with Crippen LogP contribution in [0.1, 0.15) is 34.3 Å². The molecule has 1 aliphatic rings. The molecule has 0 bridgehead atoms. The summed E-state index contributed by atoms with van der Waals surface area (Å²) in [5.74, 6) is -0.109. The van der Waals surface area contributed by atoms with E-state index < -0.39 is 12.6 Å². The number of halogens is 2. The van der Waals surface area contributed by atoms with E-state index in [1.54, 1.807) is 24.4 Å². The smallest absolute Gasteiger partial charge is 0.345 e. The zero-order valence-corrected chi connectivity index (χ0v) is 15.7. The third kappa shape index (κ3) is 4.75. The number of aromatic nitrogens is 1. The largest absolute Gasteiger partial charge is 0.465 e. The molecule has 3 rings (SSSR count). The van der Waals surface area contributed by atoms with E-state index in [1.807, 2.05) is 19.1 Å². The van der Waals surface area contributed by atoms with Gasteiger partial charge in [-0.05, 0) is 49.2 Å². The predicted octanol–water partition coefficient (Wildman–Crippen LogP) is 3.92. The molecular weight excluding hydrogens is 370 g/mol. The Labute approximate surface area is 162 Å². The van der Waals surface area contributed by atoms with Crippen molar-refractivity contribution in [1.29, 1.82) is 0 Å². The van der Waals surface area contributed by atoms with Crippen LogP contribution < -0.4 is 9.64 Å². The van der Waals surface area contributed by atoms with Crippen molar-refractivity contribution >= 4 is 11.7 Å². The number of benzene rings is 1. The molecule has 0 amide bonds. The van der Waals surface area contributed by atoms with Crippen LogP contribution in [-0.4, -0.2) is 37.4 Å². The van der Waals surface area contributed by atoms with Gasteiger partial charge < -0.3 is 19.1 Å². The lowest BCUT2D eigenvalue weighted by molar-refractivity contribution is -0.137. The molecule has 1 aromatic carbocycles. The summed E-state index contributed by atoms with van der Waals surface area (Å²) in [6.07, 6.45) is 3.03. The zero-order valence-electron chi connectivity index (χ0n) is 15.7. The molecule has 2 aromatic rings. The van der Waals surface area contributed by atoms with Crippen LogP contribution in [0.15, 0.2) is 36.5 Å². The van der Waals surface area contributed by atoms with E-state index in [2.05, 4.69) is 14.6 Å². The first-order valence-corrected chi connectivity index (χ1v) is 8.95. The predicted molar refractivity (Wildman–Crippen MR) is 98.5 cm³/mol. The number of esters is 1. The Bertz CT molecular complexity index is 814. The van der Waals surface area contributed by atoms with E-state index in [1.165, 1.54) is 7.11 Å². The standard InChI is InChI=1S/C20H22F2N2O4/c1-13-10-15(12-27-20(21)22)18(23-11-13)28-17-4-3-9-24(17)16-7-5-14(6-8-16)19(25)26-2/h5-8,10-11,17,20H,3-4,9,12H2,1-2H3. The van der Waals surface area contributed by atoms with Crippen LogP contribution in [0.4, 0.5) is 14.5 Å². The van der Waals surface area contributed by atoms with Crippen molar-refractivity contribution in [3.8, 4) is 5.88 Å². The molecule has 150 valence electrons. The SMILES string of the molecule is COC(=O)c1ccc(N2CCCC2Oc2ncc(C)cc2COC(F)F)cc1. The van der Waals surface area contributed by atoms with E-state index in [0.29, 0.717) is 11.1 Å². The van der Waals surface area contributed by atoms with E-state index >= 15 is 0 Å². The molecule has 28 heavy (non-hydrogen) atoms. The highest BCUT2D eigenvalue weighted by atomic mass is 19.3. The van der Waals surface area contributed by atoms with Crippen molar-refractivity contribution in [2.24, 2.45) is 0 Å². The summed E-state index contributed by atoms with van der Waals surface area (Å²) in [5, 5.41) is 0. The molecule has 0 spiro atoms. The molecule has 0 saturated carbocycles. The number of pyridine rings is 1. The normalized spacial score (nSPS) is 16.5. The minimum absolute atomic E-state index is 0.276. The van der Waals surface area contributed by atoms with Gasteiger partial charge in [-0.1, -0.05) is 0 Å². The Morgan fingerprint density at radius 1 is 1.32 bits per heavy atom. The fourth-order valence-corrected chi connectivity index (χ4v) is 3.17. The average Bonchev–Trinajstić information content (AvgIpc) is 3.15. The highest BCUT2D eigenvalue weighted by Crippen LogP contribution is 2.29. The molecule has 1 aliphatic heterocycles. The first kappa shape index (κ1) is 20.0.